The van der Waals surface area contributed by atoms with Crippen LogP contribution in [-0.4, -0.2) is 14.3 Å². The third kappa shape index (κ3) is 5.11. The lowest BCUT2D eigenvalue weighted by atomic mass is 10.0. The third-order valence-corrected chi connectivity index (χ3v) is 5.04. The third-order valence-electron chi connectivity index (χ3n) is 3.88. The molecule has 0 radical (unpaired) electrons. The molecule has 9 heteroatoms. The Morgan fingerprint density at radius 3 is 2.52 bits per heavy atom. The first-order valence-electron chi connectivity index (χ1n) is 8.31. The van der Waals surface area contributed by atoms with Crippen LogP contribution in [0.4, 0.5) is 10.1 Å². The summed E-state index contributed by atoms with van der Waals surface area (Å²) in [6.45, 7) is 1.31. The fourth-order valence-corrected chi connectivity index (χ4v) is 3.56. The predicted octanol–water partition coefficient (Wildman–Crippen LogP) is 4.54. The Balaban J connectivity index is 2.12. The zero-order chi connectivity index (χ0) is 21.2. The lowest BCUT2D eigenvalue weighted by Gasteiger charge is -2.14. The number of halogens is 2. The van der Waals surface area contributed by atoms with Gasteiger partial charge in [0, 0.05) is 23.2 Å². The maximum Gasteiger partial charge on any atom is 0.241 e. The number of nitrogens with two attached hydrogens (primary N) is 1. The maximum absolute atomic E-state index is 13.8. The Kier molecular flexibility index (Phi) is 5.88. The second-order valence-corrected chi connectivity index (χ2v) is 8.10. The van der Waals surface area contributed by atoms with Crippen LogP contribution < -0.4 is 15.2 Å². The molecule has 0 saturated carbocycles. The molecule has 0 fully saturated rings. The van der Waals surface area contributed by atoms with Crippen LogP contribution >= 0.6 is 11.6 Å². The molecule has 3 aromatic carbocycles. The van der Waals surface area contributed by atoms with E-state index in [1.165, 1.54) is 49.4 Å². The number of primary sulfonamides is 1. The molecule has 0 saturated heterocycles. The van der Waals surface area contributed by atoms with E-state index in [2.05, 4.69) is 5.32 Å². The largest absolute Gasteiger partial charge is 0.456 e. The second-order valence-electron chi connectivity index (χ2n) is 6.14. The molecule has 3 aromatic rings. The van der Waals surface area contributed by atoms with Crippen LogP contribution in [0.1, 0.15) is 6.92 Å². The number of amides is 1. The average Bonchev–Trinajstić information content (AvgIpc) is 2.62. The molecular formula is C20H16ClFN2O4S. The number of hydrogen-bond donors (Lipinski definition) is 2. The van der Waals surface area contributed by atoms with Crippen molar-refractivity contribution < 1.29 is 22.3 Å². The van der Waals surface area contributed by atoms with E-state index < -0.39 is 15.8 Å². The monoisotopic (exact) mass is 434 g/mol. The number of benzene rings is 3. The van der Waals surface area contributed by atoms with Crippen molar-refractivity contribution in [1.82, 2.24) is 0 Å². The second kappa shape index (κ2) is 8.20. The van der Waals surface area contributed by atoms with Crippen molar-refractivity contribution >= 4 is 33.2 Å². The highest BCUT2D eigenvalue weighted by atomic mass is 35.5. The lowest BCUT2D eigenvalue weighted by Crippen LogP contribution is -2.13. The highest BCUT2D eigenvalue weighted by Gasteiger charge is 2.19. The molecule has 0 aliphatic carbocycles. The summed E-state index contributed by atoms with van der Waals surface area (Å²) in [6, 6.07) is 14.4. The summed E-state index contributed by atoms with van der Waals surface area (Å²) in [5, 5.41) is 8.36. The van der Waals surface area contributed by atoms with Crippen molar-refractivity contribution in [2.45, 2.75) is 11.8 Å². The fraction of sp³-hybridized carbons (Fsp3) is 0.0500. The SMILES string of the molecule is CC(=O)Nc1ccc(F)cc1-c1ccc(Oc2cccc(Cl)c2)c(S(N)(=O)=O)c1. The zero-order valence-electron chi connectivity index (χ0n) is 15.1. The van der Waals surface area contributed by atoms with Gasteiger partial charge in [-0.1, -0.05) is 23.7 Å². The van der Waals surface area contributed by atoms with Gasteiger partial charge in [-0.2, -0.15) is 0 Å². The van der Waals surface area contributed by atoms with Gasteiger partial charge in [0.25, 0.3) is 0 Å². The van der Waals surface area contributed by atoms with Gasteiger partial charge in [0.15, 0.2) is 0 Å². The first-order chi connectivity index (χ1) is 13.6. The molecule has 0 aliphatic heterocycles. The number of carbonyl (C=O) groups excluding carboxylic acids is 1. The van der Waals surface area contributed by atoms with E-state index in [9.17, 15) is 17.6 Å². The van der Waals surface area contributed by atoms with Crippen LogP contribution in [0.25, 0.3) is 11.1 Å². The number of ether oxygens (including phenoxy) is 1. The van der Waals surface area contributed by atoms with Gasteiger partial charge >= 0.3 is 0 Å². The van der Waals surface area contributed by atoms with Crippen LogP contribution in [0.3, 0.4) is 0 Å². The van der Waals surface area contributed by atoms with E-state index in [0.717, 1.165) is 0 Å². The van der Waals surface area contributed by atoms with Crippen molar-refractivity contribution in [2.24, 2.45) is 5.14 Å². The summed E-state index contributed by atoms with van der Waals surface area (Å²) in [5.41, 5.74) is 0.943. The Morgan fingerprint density at radius 2 is 1.86 bits per heavy atom. The van der Waals surface area contributed by atoms with Gasteiger partial charge in [0.05, 0.1) is 0 Å². The summed E-state index contributed by atoms with van der Waals surface area (Å²) in [4.78, 5) is 11.1. The number of nitrogens with one attached hydrogen (secondary N) is 1. The number of hydrogen-bond acceptors (Lipinski definition) is 4. The average molecular weight is 435 g/mol. The quantitative estimate of drug-likeness (QED) is 0.615. The normalized spacial score (nSPS) is 11.2. The molecule has 3 rings (SSSR count). The first kappa shape index (κ1) is 20.8. The van der Waals surface area contributed by atoms with E-state index in [-0.39, 0.29) is 16.6 Å². The van der Waals surface area contributed by atoms with E-state index in [0.29, 0.717) is 27.6 Å². The molecule has 0 spiro atoms. The Labute approximate surface area is 172 Å². The molecule has 0 unspecified atom stereocenters. The molecule has 29 heavy (non-hydrogen) atoms. The number of carbonyl (C=O) groups is 1. The molecule has 3 N–H and O–H groups in total. The van der Waals surface area contributed by atoms with Gasteiger partial charge in [-0.15, -0.1) is 0 Å². The Bertz CT molecular complexity index is 1200. The number of rotatable bonds is 5. The maximum atomic E-state index is 13.8. The van der Waals surface area contributed by atoms with E-state index in [4.69, 9.17) is 21.5 Å². The van der Waals surface area contributed by atoms with E-state index in [1.807, 2.05) is 0 Å². The zero-order valence-corrected chi connectivity index (χ0v) is 16.7. The van der Waals surface area contributed by atoms with Crippen LogP contribution in [0.15, 0.2) is 65.6 Å². The van der Waals surface area contributed by atoms with Gasteiger partial charge in [-0.3, -0.25) is 4.79 Å². The molecular weight excluding hydrogens is 419 g/mol. The van der Waals surface area contributed by atoms with Crippen LogP contribution in [0, 0.1) is 5.82 Å². The van der Waals surface area contributed by atoms with Crippen molar-refractivity contribution in [1.29, 1.82) is 0 Å². The van der Waals surface area contributed by atoms with E-state index >= 15 is 0 Å². The minimum absolute atomic E-state index is 0.0176. The molecule has 0 atom stereocenters. The van der Waals surface area contributed by atoms with Crippen LogP contribution in [-0.2, 0) is 14.8 Å². The summed E-state index contributed by atoms with van der Waals surface area (Å²) in [7, 11) is -4.18. The summed E-state index contributed by atoms with van der Waals surface area (Å²) in [5.74, 6) is -0.605. The minimum atomic E-state index is -4.18. The number of sulfonamides is 1. The van der Waals surface area contributed by atoms with Crippen molar-refractivity contribution in [3.63, 3.8) is 0 Å². The van der Waals surface area contributed by atoms with Gasteiger partial charge in [0.2, 0.25) is 15.9 Å². The minimum Gasteiger partial charge on any atom is -0.456 e. The lowest BCUT2D eigenvalue weighted by molar-refractivity contribution is -0.114. The van der Waals surface area contributed by atoms with Gasteiger partial charge < -0.3 is 10.1 Å². The van der Waals surface area contributed by atoms with Gasteiger partial charge in [-0.05, 0) is 54.1 Å². The summed E-state index contributed by atoms with van der Waals surface area (Å²) >= 11 is 5.93. The summed E-state index contributed by atoms with van der Waals surface area (Å²) < 4.78 is 43.8. The van der Waals surface area contributed by atoms with Crippen molar-refractivity contribution in [3.05, 3.63) is 71.5 Å². The Hall–Kier alpha value is -2.94. The van der Waals surface area contributed by atoms with Crippen molar-refractivity contribution in [3.8, 4) is 22.6 Å². The van der Waals surface area contributed by atoms with Gasteiger partial charge in [-0.25, -0.2) is 17.9 Å². The molecule has 150 valence electrons. The Morgan fingerprint density at radius 1 is 1.10 bits per heavy atom. The fourth-order valence-electron chi connectivity index (χ4n) is 2.69. The highest BCUT2D eigenvalue weighted by molar-refractivity contribution is 7.89. The smallest absolute Gasteiger partial charge is 0.241 e. The highest BCUT2D eigenvalue weighted by Crippen LogP contribution is 2.36. The number of anilines is 1. The first-order valence-corrected chi connectivity index (χ1v) is 10.2. The molecule has 6 nitrogen and oxygen atoms in total. The molecule has 1 amide bonds. The standard InChI is InChI=1S/C20H16ClFN2O4S/c1-12(25)24-18-7-6-15(22)11-17(18)13-5-8-19(20(9-13)29(23,26)27)28-16-4-2-3-14(21)10-16/h2-11H,1H3,(H,24,25)(H2,23,26,27). The molecule has 0 aliphatic rings. The van der Waals surface area contributed by atoms with Crippen LogP contribution in [0.5, 0.6) is 11.5 Å². The van der Waals surface area contributed by atoms with Crippen molar-refractivity contribution in [2.75, 3.05) is 5.32 Å². The topological polar surface area (TPSA) is 98.5 Å². The predicted molar refractivity (Wildman–Crippen MR) is 109 cm³/mol. The molecule has 0 aromatic heterocycles. The van der Waals surface area contributed by atoms with Crippen LogP contribution in [0.2, 0.25) is 5.02 Å². The van der Waals surface area contributed by atoms with E-state index in [1.54, 1.807) is 18.2 Å². The molecule has 0 heterocycles. The summed E-state index contributed by atoms with van der Waals surface area (Å²) in [6.07, 6.45) is 0. The van der Waals surface area contributed by atoms with Gasteiger partial charge in [0.1, 0.15) is 22.2 Å². The molecule has 0 bridgehead atoms.